The molecule has 0 spiro atoms. The number of fused-ring (bicyclic) bond motifs is 1. The molecule has 3 heterocycles. The van der Waals surface area contributed by atoms with Gasteiger partial charge in [0.2, 0.25) is 0 Å². The fraction of sp³-hybridized carbons (Fsp3) is 0.333. The normalized spacial score (nSPS) is 15.3. The Labute approximate surface area is 161 Å². The number of carbonyl (C=O) groups excluding carboxylic acids is 1. The van der Waals surface area contributed by atoms with E-state index in [9.17, 15) is 9.59 Å². The molecular formula is C21H21NO4S. The first-order valence-corrected chi connectivity index (χ1v) is 10.3. The van der Waals surface area contributed by atoms with Crippen molar-refractivity contribution in [1.29, 1.82) is 0 Å². The van der Waals surface area contributed by atoms with Crippen molar-refractivity contribution in [2.45, 2.75) is 18.6 Å². The zero-order chi connectivity index (χ0) is 18.6. The van der Waals surface area contributed by atoms with Gasteiger partial charge in [0.05, 0.1) is 17.4 Å². The van der Waals surface area contributed by atoms with Crippen molar-refractivity contribution in [3.8, 4) is 0 Å². The Balaban J connectivity index is 1.34. The number of nitrogens with zero attached hydrogens (tertiary/aromatic N) is 1. The van der Waals surface area contributed by atoms with Crippen LogP contribution in [0.5, 0.6) is 0 Å². The Hall–Kier alpha value is -2.47. The standard InChI is InChI=1S/C21H21NO4S/c23-18-12-20(26-19-6-2-1-5-17(18)19)21(24)22-9-7-15(8-10-22)13-27-14-16-4-3-11-25-16/h1-6,11-12,15H,7-10,13-14H2. The first-order valence-electron chi connectivity index (χ1n) is 9.13. The van der Waals surface area contributed by atoms with Crippen molar-refractivity contribution in [2.75, 3.05) is 18.8 Å². The Bertz CT molecular complexity index is 971. The smallest absolute Gasteiger partial charge is 0.289 e. The van der Waals surface area contributed by atoms with E-state index in [4.69, 9.17) is 8.83 Å². The molecule has 0 atom stereocenters. The lowest BCUT2D eigenvalue weighted by Crippen LogP contribution is -2.39. The van der Waals surface area contributed by atoms with Gasteiger partial charge in [-0.05, 0) is 48.8 Å². The highest BCUT2D eigenvalue weighted by Crippen LogP contribution is 2.25. The molecule has 0 unspecified atom stereocenters. The van der Waals surface area contributed by atoms with Crippen molar-refractivity contribution < 1.29 is 13.6 Å². The summed E-state index contributed by atoms with van der Waals surface area (Å²) in [6.45, 7) is 1.39. The third-order valence-corrected chi connectivity index (χ3v) is 6.12. The predicted molar refractivity (Wildman–Crippen MR) is 106 cm³/mol. The van der Waals surface area contributed by atoms with Crippen LogP contribution in [0.15, 0.2) is 62.4 Å². The van der Waals surface area contributed by atoms with Crippen molar-refractivity contribution in [1.82, 2.24) is 4.90 Å². The summed E-state index contributed by atoms with van der Waals surface area (Å²) in [5.74, 6) is 3.47. The van der Waals surface area contributed by atoms with Gasteiger partial charge in [-0.2, -0.15) is 11.8 Å². The molecule has 1 amide bonds. The lowest BCUT2D eigenvalue weighted by Gasteiger charge is -2.31. The number of carbonyl (C=O) groups is 1. The van der Waals surface area contributed by atoms with E-state index in [2.05, 4.69) is 0 Å². The van der Waals surface area contributed by atoms with E-state index >= 15 is 0 Å². The molecule has 0 radical (unpaired) electrons. The van der Waals surface area contributed by atoms with E-state index < -0.39 is 0 Å². The molecule has 1 aromatic carbocycles. The summed E-state index contributed by atoms with van der Waals surface area (Å²) in [6, 6.07) is 12.2. The van der Waals surface area contributed by atoms with Gasteiger partial charge in [-0.25, -0.2) is 0 Å². The van der Waals surface area contributed by atoms with Crippen molar-refractivity contribution in [2.24, 2.45) is 5.92 Å². The Morgan fingerprint density at radius 1 is 1.15 bits per heavy atom. The third kappa shape index (κ3) is 4.11. The van der Waals surface area contributed by atoms with E-state index in [-0.39, 0.29) is 17.1 Å². The molecule has 140 valence electrons. The molecule has 5 nitrogen and oxygen atoms in total. The molecule has 2 aromatic heterocycles. The molecule has 0 aliphatic carbocycles. The number of likely N-dealkylation sites (tertiary alicyclic amines) is 1. The zero-order valence-corrected chi connectivity index (χ0v) is 15.7. The molecule has 27 heavy (non-hydrogen) atoms. The number of thioether (sulfide) groups is 1. The maximum Gasteiger partial charge on any atom is 0.289 e. The zero-order valence-electron chi connectivity index (χ0n) is 14.9. The number of hydrogen-bond acceptors (Lipinski definition) is 5. The molecule has 0 saturated carbocycles. The second kappa shape index (κ2) is 8.05. The quantitative estimate of drug-likeness (QED) is 0.662. The topological polar surface area (TPSA) is 63.7 Å². The van der Waals surface area contributed by atoms with Crippen molar-refractivity contribution >= 4 is 28.6 Å². The van der Waals surface area contributed by atoms with E-state index in [0.717, 1.165) is 30.1 Å². The summed E-state index contributed by atoms with van der Waals surface area (Å²) in [5.41, 5.74) is 0.280. The number of furan rings is 1. The fourth-order valence-electron chi connectivity index (χ4n) is 3.39. The van der Waals surface area contributed by atoms with Gasteiger partial charge in [0.25, 0.3) is 5.91 Å². The Morgan fingerprint density at radius 2 is 1.96 bits per heavy atom. The number of benzene rings is 1. The third-order valence-electron chi connectivity index (χ3n) is 4.93. The summed E-state index contributed by atoms with van der Waals surface area (Å²) >= 11 is 1.87. The number of hydrogen-bond donors (Lipinski definition) is 0. The van der Waals surface area contributed by atoms with E-state index in [1.165, 1.54) is 6.07 Å². The first-order chi connectivity index (χ1) is 13.2. The maximum atomic E-state index is 12.7. The maximum absolute atomic E-state index is 12.7. The summed E-state index contributed by atoms with van der Waals surface area (Å²) < 4.78 is 11.0. The van der Waals surface area contributed by atoms with Crippen LogP contribution in [0.25, 0.3) is 11.0 Å². The summed E-state index contributed by atoms with van der Waals surface area (Å²) in [6.07, 6.45) is 3.63. The number of amides is 1. The molecule has 1 saturated heterocycles. The molecular weight excluding hydrogens is 362 g/mol. The van der Waals surface area contributed by atoms with Crippen molar-refractivity contribution in [3.63, 3.8) is 0 Å². The Morgan fingerprint density at radius 3 is 2.74 bits per heavy atom. The van der Waals surface area contributed by atoms with Crippen LogP contribution in [-0.4, -0.2) is 29.6 Å². The molecule has 3 aromatic rings. The molecule has 1 fully saturated rings. The number of para-hydroxylation sites is 1. The predicted octanol–water partition coefficient (Wildman–Crippen LogP) is 4.17. The molecule has 6 heteroatoms. The molecule has 0 bridgehead atoms. The van der Waals surface area contributed by atoms with Gasteiger partial charge in [0, 0.05) is 19.2 Å². The van der Waals surface area contributed by atoms with Gasteiger partial charge in [0.1, 0.15) is 11.3 Å². The lowest BCUT2D eigenvalue weighted by molar-refractivity contribution is 0.0667. The van der Waals surface area contributed by atoms with Gasteiger partial charge in [-0.1, -0.05) is 12.1 Å². The van der Waals surface area contributed by atoms with Crippen LogP contribution in [0.4, 0.5) is 0 Å². The minimum absolute atomic E-state index is 0.129. The van der Waals surface area contributed by atoms with Crippen LogP contribution in [0.3, 0.4) is 0 Å². The average molecular weight is 383 g/mol. The molecule has 1 aliphatic heterocycles. The minimum Gasteiger partial charge on any atom is -0.468 e. The second-order valence-electron chi connectivity index (χ2n) is 6.80. The van der Waals surface area contributed by atoms with Crippen LogP contribution < -0.4 is 5.43 Å². The molecule has 4 rings (SSSR count). The molecule has 0 N–H and O–H groups in total. The fourth-order valence-corrected chi connectivity index (χ4v) is 4.54. The van der Waals surface area contributed by atoms with Crippen LogP contribution in [-0.2, 0) is 5.75 Å². The minimum atomic E-state index is -0.195. The second-order valence-corrected chi connectivity index (χ2v) is 7.83. The van der Waals surface area contributed by atoms with Crippen LogP contribution >= 0.6 is 11.8 Å². The largest absolute Gasteiger partial charge is 0.468 e. The summed E-state index contributed by atoms with van der Waals surface area (Å²) in [5, 5.41) is 0.501. The summed E-state index contributed by atoms with van der Waals surface area (Å²) in [7, 11) is 0. The average Bonchev–Trinajstić information content (AvgIpc) is 3.21. The van der Waals surface area contributed by atoms with Crippen LogP contribution in [0, 0.1) is 5.92 Å². The van der Waals surface area contributed by atoms with Crippen molar-refractivity contribution in [3.05, 3.63) is 70.5 Å². The van der Waals surface area contributed by atoms with E-state index in [1.54, 1.807) is 35.4 Å². The van der Waals surface area contributed by atoms with Crippen LogP contribution in [0.1, 0.15) is 29.2 Å². The number of rotatable bonds is 5. The van der Waals surface area contributed by atoms with Gasteiger partial charge in [-0.15, -0.1) is 0 Å². The lowest BCUT2D eigenvalue weighted by atomic mass is 9.99. The first kappa shape index (κ1) is 17.9. The van der Waals surface area contributed by atoms with Gasteiger partial charge in [0.15, 0.2) is 11.2 Å². The van der Waals surface area contributed by atoms with E-state index in [1.807, 2.05) is 23.9 Å². The monoisotopic (exact) mass is 383 g/mol. The summed E-state index contributed by atoms with van der Waals surface area (Å²) in [4.78, 5) is 26.8. The highest BCUT2D eigenvalue weighted by molar-refractivity contribution is 7.98. The van der Waals surface area contributed by atoms with Gasteiger partial charge >= 0.3 is 0 Å². The van der Waals surface area contributed by atoms with E-state index in [0.29, 0.717) is 30.0 Å². The number of piperidine rings is 1. The molecule has 1 aliphatic rings. The Kier molecular flexibility index (Phi) is 5.34. The highest BCUT2D eigenvalue weighted by Gasteiger charge is 2.25. The SMILES string of the molecule is O=C(c1cc(=O)c2ccccc2o1)N1CCC(CSCc2ccco2)CC1. The highest BCUT2D eigenvalue weighted by atomic mass is 32.2. The van der Waals surface area contributed by atoms with Gasteiger partial charge in [-0.3, -0.25) is 9.59 Å². The van der Waals surface area contributed by atoms with Crippen LogP contribution in [0.2, 0.25) is 0 Å². The van der Waals surface area contributed by atoms with Gasteiger partial charge < -0.3 is 13.7 Å².